The lowest BCUT2D eigenvalue weighted by atomic mass is 10.1. The van der Waals surface area contributed by atoms with E-state index in [0.29, 0.717) is 6.54 Å². The van der Waals surface area contributed by atoms with E-state index in [4.69, 9.17) is 23.2 Å². The normalized spacial score (nSPS) is 12.7. The van der Waals surface area contributed by atoms with Crippen LogP contribution >= 0.6 is 23.2 Å². The minimum Gasteiger partial charge on any atom is -0.311 e. The number of rotatable bonds is 4. The SMILES string of the molecule is CC(C)(C)NCCS(=O)(=O)c1c(Cl)cccc1Cl. The monoisotopic (exact) mass is 309 g/mol. The van der Waals surface area contributed by atoms with Gasteiger partial charge < -0.3 is 5.32 Å². The third-order valence-electron chi connectivity index (χ3n) is 2.26. The van der Waals surface area contributed by atoms with Crippen molar-refractivity contribution in [2.24, 2.45) is 0 Å². The molecule has 1 rings (SSSR count). The average Bonchev–Trinajstić information content (AvgIpc) is 2.13. The molecular formula is C12H17Cl2NO2S. The Hall–Kier alpha value is -0.290. The molecule has 0 aliphatic rings. The van der Waals surface area contributed by atoms with E-state index in [0.717, 1.165) is 0 Å². The lowest BCUT2D eigenvalue weighted by Gasteiger charge is -2.20. The molecule has 0 bridgehead atoms. The zero-order valence-electron chi connectivity index (χ0n) is 10.6. The van der Waals surface area contributed by atoms with E-state index in [2.05, 4.69) is 5.32 Å². The summed E-state index contributed by atoms with van der Waals surface area (Å²) in [5.41, 5.74) is -0.125. The summed E-state index contributed by atoms with van der Waals surface area (Å²) in [6.45, 7) is 6.28. The van der Waals surface area contributed by atoms with E-state index in [1.807, 2.05) is 20.8 Å². The number of hydrogen-bond donors (Lipinski definition) is 1. The van der Waals surface area contributed by atoms with E-state index in [1.165, 1.54) is 12.1 Å². The van der Waals surface area contributed by atoms with Crippen LogP contribution in [0.4, 0.5) is 0 Å². The van der Waals surface area contributed by atoms with Gasteiger partial charge in [0, 0.05) is 12.1 Å². The van der Waals surface area contributed by atoms with Gasteiger partial charge in [-0.15, -0.1) is 0 Å². The van der Waals surface area contributed by atoms with Crippen molar-refractivity contribution in [3.05, 3.63) is 28.2 Å². The van der Waals surface area contributed by atoms with Crippen molar-refractivity contribution >= 4 is 33.0 Å². The van der Waals surface area contributed by atoms with E-state index in [1.54, 1.807) is 6.07 Å². The molecular weight excluding hydrogens is 293 g/mol. The molecule has 0 unspecified atom stereocenters. The van der Waals surface area contributed by atoms with Crippen LogP contribution in [0.1, 0.15) is 20.8 Å². The van der Waals surface area contributed by atoms with Crippen LogP contribution in [0.5, 0.6) is 0 Å². The van der Waals surface area contributed by atoms with Gasteiger partial charge in [0.05, 0.1) is 15.8 Å². The highest BCUT2D eigenvalue weighted by Gasteiger charge is 2.22. The molecule has 0 saturated carbocycles. The van der Waals surface area contributed by atoms with Gasteiger partial charge in [0.15, 0.2) is 9.84 Å². The first-order valence-corrected chi connectivity index (χ1v) is 7.96. The van der Waals surface area contributed by atoms with Gasteiger partial charge in [-0.25, -0.2) is 8.42 Å². The molecule has 1 aromatic carbocycles. The number of benzene rings is 1. The van der Waals surface area contributed by atoms with Crippen molar-refractivity contribution < 1.29 is 8.42 Å². The van der Waals surface area contributed by atoms with Crippen LogP contribution in [-0.2, 0) is 9.84 Å². The topological polar surface area (TPSA) is 46.2 Å². The van der Waals surface area contributed by atoms with Gasteiger partial charge in [0.25, 0.3) is 0 Å². The summed E-state index contributed by atoms with van der Waals surface area (Å²) in [6.07, 6.45) is 0. The molecule has 0 amide bonds. The molecule has 0 spiro atoms. The number of hydrogen-bond acceptors (Lipinski definition) is 3. The summed E-state index contributed by atoms with van der Waals surface area (Å²) in [5.74, 6) is -0.0340. The van der Waals surface area contributed by atoms with Crippen molar-refractivity contribution in [2.75, 3.05) is 12.3 Å². The molecule has 102 valence electrons. The predicted molar refractivity (Wildman–Crippen MR) is 76.3 cm³/mol. The molecule has 0 heterocycles. The van der Waals surface area contributed by atoms with Crippen LogP contribution in [0.2, 0.25) is 10.0 Å². The zero-order valence-corrected chi connectivity index (χ0v) is 13.0. The third-order valence-corrected chi connectivity index (χ3v) is 4.91. The second-order valence-corrected chi connectivity index (χ2v) is 7.91. The summed E-state index contributed by atoms with van der Waals surface area (Å²) >= 11 is 11.8. The van der Waals surface area contributed by atoms with Crippen molar-refractivity contribution in [1.82, 2.24) is 5.32 Å². The zero-order chi connectivity index (χ0) is 14.0. The van der Waals surface area contributed by atoms with Gasteiger partial charge in [-0.2, -0.15) is 0 Å². The fraction of sp³-hybridized carbons (Fsp3) is 0.500. The molecule has 0 atom stereocenters. The van der Waals surface area contributed by atoms with Crippen molar-refractivity contribution in [3.63, 3.8) is 0 Å². The molecule has 6 heteroatoms. The van der Waals surface area contributed by atoms with Crippen LogP contribution in [0.3, 0.4) is 0 Å². The van der Waals surface area contributed by atoms with Gasteiger partial charge in [-0.05, 0) is 32.9 Å². The highest BCUT2D eigenvalue weighted by Crippen LogP contribution is 2.29. The summed E-state index contributed by atoms with van der Waals surface area (Å²) in [7, 11) is -3.47. The van der Waals surface area contributed by atoms with Crippen LogP contribution in [0.25, 0.3) is 0 Å². The summed E-state index contributed by atoms with van der Waals surface area (Å²) in [5, 5.41) is 3.45. The largest absolute Gasteiger partial charge is 0.311 e. The van der Waals surface area contributed by atoms with Gasteiger partial charge >= 0.3 is 0 Å². The standard InChI is InChI=1S/C12H17Cl2NO2S/c1-12(2,3)15-7-8-18(16,17)11-9(13)5-4-6-10(11)14/h4-6,15H,7-8H2,1-3H3. The van der Waals surface area contributed by atoms with Gasteiger partial charge in [-0.1, -0.05) is 29.3 Å². The Morgan fingerprint density at radius 3 is 2.11 bits per heavy atom. The van der Waals surface area contributed by atoms with E-state index in [-0.39, 0.29) is 26.2 Å². The Balaban J connectivity index is 2.88. The van der Waals surface area contributed by atoms with Crippen molar-refractivity contribution in [1.29, 1.82) is 0 Å². The third kappa shape index (κ3) is 4.43. The van der Waals surface area contributed by atoms with E-state index < -0.39 is 9.84 Å². The number of nitrogens with one attached hydrogen (secondary N) is 1. The van der Waals surface area contributed by atoms with Gasteiger partial charge in [-0.3, -0.25) is 0 Å². The quantitative estimate of drug-likeness (QED) is 0.929. The van der Waals surface area contributed by atoms with Crippen molar-refractivity contribution in [3.8, 4) is 0 Å². The first-order chi connectivity index (χ1) is 8.13. The summed E-state index contributed by atoms with van der Waals surface area (Å²) in [6, 6.07) is 4.67. The lowest BCUT2D eigenvalue weighted by Crippen LogP contribution is -2.38. The minimum absolute atomic E-state index is 0.0176. The highest BCUT2D eigenvalue weighted by molar-refractivity contribution is 7.91. The molecule has 1 aromatic rings. The van der Waals surface area contributed by atoms with Crippen LogP contribution < -0.4 is 5.32 Å². The maximum Gasteiger partial charge on any atom is 0.182 e. The predicted octanol–water partition coefficient (Wildman–Crippen LogP) is 3.16. The fourth-order valence-electron chi connectivity index (χ4n) is 1.44. The van der Waals surface area contributed by atoms with Crippen LogP contribution in [0.15, 0.2) is 23.1 Å². The Morgan fingerprint density at radius 2 is 1.67 bits per heavy atom. The molecule has 0 fully saturated rings. The lowest BCUT2D eigenvalue weighted by molar-refractivity contribution is 0.439. The van der Waals surface area contributed by atoms with Crippen LogP contribution in [0, 0.1) is 0 Å². The molecule has 1 N–H and O–H groups in total. The number of halogens is 2. The number of sulfone groups is 1. The molecule has 0 aliphatic carbocycles. The van der Waals surface area contributed by atoms with E-state index in [9.17, 15) is 8.42 Å². The molecule has 3 nitrogen and oxygen atoms in total. The average molecular weight is 310 g/mol. The van der Waals surface area contributed by atoms with Gasteiger partial charge in [0.2, 0.25) is 0 Å². The first kappa shape index (κ1) is 15.8. The molecule has 18 heavy (non-hydrogen) atoms. The minimum atomic E-state index is -3.47. The maximum absolute atomic E-state index is 12.2. The Kier molecular flexibility index (Phi) is 5.06. The first-order valence-electron chi connectivity index (χ1n) is 5.55. The smallest absolute Gasteiger partial charge is 0.182 e. The summed E-state index contributed by atoms with van der Waals surface area (Å²) < 4.78 is 24.3. The Bertz CT molecular complexity index is 501. The second kappa shape index (κ2) is 5.78. The second-order valence-electron chi connectivity index (χ2n) is 5.05. The highest BCUT2D eigenvalue weighted by atomic mass is 35.5. The fourth-order valence-corrected chi connectivity index (χ4v) is 3.85. The Morgan fingerprint density at radius 1 is 1.17 bits per heavy atom. The molecule has 0 aromatic heterocycles. The van der Waals surface area contributed by atoms with Gasteiger partial charge in [0.1, 0.15) is 4.90 Å². The maximum atomic E-state index is 12.2. The summed E-state index contributed by atoms with van der Waals surface area (Å²) in [4.78, 5) is 0.0176. The molecule has 0 saturated heterocycles. The Labute approximate surface area is 118 Å². The van der Waals surface area contributed by atoms with E-state index >= 15 is 0 Å². The molecule has 0 radical (unpaired) electrons. The van der Waals surface area contributed by atoms with Crippen molar-refractivity contribution in [2.45, 2.75) is 31.2 Å². The van der Waals surface area contributed by atoms with Crippen LogP contribution in [-0.4, -0.2) is 26.3 Å². The molecule has 0 aliphatic heterocycles.